The van der Waals surface area contributed by atoms with Crippen molar-refractivity contribution in [2.24, 2.45) is 0 Å². The predicted molar refractivity (Wildman–Crippen MR) is 141 cm³/mol. The molecule has 0 saturated heterocycles. The van der Waals surface area contributed by atoms with E-state index < -0.39 is 4.92 Å². The minimum absolute atomic E-state index is 0.0348. The number of non-ortho nitro benzene ring substituents is 1. The second kappa shape index (κ2) is 9.71. The van der Waals surface area contributed by atoms with Gasteiger partial charge in [0.25, 0.3) is 5.69 Å². The summed E-state index contributed by atoms with van der Waals surface area (Å²) in [6.45, 7) is 0. The summed E-state index contributed by atoms with van der Waals surface area (Å²) < 4.78 is 2.62. The Morgan fingerprint density at radius 3 is 2.11 bits per heavy atom. The lowest BCUT2D eigenvalue weighted by Gasteiger charge is -2.07. The molecule has 2 aromatic heterocycles. The molecule has 176 valence electrons. The molecule has 2 heterocycles. The van der Waals surface area contributed by atoms with Crippen LogP contribution in [0.15, 0.2) is 108 Å². The van der Waals surface area contributed by atoms with E-state index in [1.54, 1.807) is 77.3 Å². The predicted octanol–water partition coefficient (Wildman–Crippen LogP) is 6.66. The first-order valence-electron chi connectivity index (χ1n) is 11.2. The summed E-state index contributed by atoms with van der Waals surface area (Å²) in [6.07, 6.45) is 2.32. The van der Waals surface area contributed by atoms with Gasteiger partial charge in [-0.25, -0.2) is 0 Å². The second-order valence-corrected chi connectivity index (χ2v) is 9.28. The maximum atomic E-state index is 13.5. The Labute approximate surface area is 215 Å². The standard InChI is InChI=1S/C29H19BrN2O4/c30-23-10-8-22(9-11-23)29(34)27-18-25(28(33)21-4-2-1-3-5-21)26-17-20(14-15-31(26)27)16-19-6-12-24(13-7-19)32(35)36/h1-15,17-18H,16H2. The van der Waals surface area contributed by atoms with E-state index in [9.17, 15) is 19.7 Å². The largest absolute Gasteiger partial charge is 0.313 e. The number of nitro benzene ring substituents is 1. The van der Waals surface area contributed by atoms with Crippen molar-refractivity contribution in [2.75, 3.05) is 0 Å². The van der Waals surface area contributed by atoms with Crippen molar-refractivity contribution in [3.05, 3.63) is 151 Å². The molecule has 0 unspecified atom stereocenters. The van der Waals surface area contributed by atoms with Crippen molar-refractivity contribution in [1.29, 1.82) is 0 Å². The van der Waals surface area contributed by atoms with Gasteiger partial charge in [0.2, 0.25) is 5.78 Å². The van der Waals surface area contributed by atoms with Crippen molar-refractivity contribution < 1.29 is 14.5 Å². The number of aromatic nitrogens is 1. The van der Waals surface area contributed by atoms with Gasteiger partial charge in [-0.3, -0.25) is 19.7 Å². The van der Waals surface area contributed by atoms with E-state index in [1.165, 1.54) is 12.1 Å². The first-order valence-corrected chi connectivity index (χ1v) is 12.0. The van der Waals surface area contributed by atoms with Gasteiger partial charge in [-0.1, -0.05) is 58.4 Å². The molecule has 5 rings (SSSR count). The number of carbonyl (C=O) groups is 2. The van der Waals surface area contributed by atoms with Crippen LogP contribution >= 0.6 is 15.9 Å². The summed E-state index contributed by atoms with van der Waals surface area (Å²) in [4.78, 5) is 37.4. The molecule has 0 atom stereocenters. The SMILES string of the molecule is O=C(c1ccccc1)c1cc(C(=O)c2ccc(Br)cc2)n2ccc(Cc3ccc([N+](=O)[O-])cc3)cc12. The highest BCUT2D eigenvalue weighted by atomic mass is 79.9. The third kappa shape index (κ3) is 4.61. The second-order valence-electron chi connectivity index (χ2n) is 8.36. The quantitative estimate of drug-likeness (QED) is 0.132. The number of pyridine rings is 1. The number of rotatable bonds is 7. The fraction of sp³-hybridized carbons (Fsp3) is 0.0345. The van der Waals surface area contributed by atoms with Crippen LogP contribution in [0.3, 0.4) is 0 Å². The van der Waals surface area contributed by atoms with Crippen molar-refractivity contribution in [3.63, 3.8) is 0 Å². The lowest BCUT2D eigenvalue weighted by Crippen LogP contribution is -2.05. The van der Waals surface area contributed by atoms with Gasteiger partial charge in [0, 0.05) is 39.5 Å². The van der Waals surface area contributed by atoms with Crippen molar-refractivity contribution in [1.82, 2.24) is 4.40 Å². The van der Waals surface area contributed by atoms with Gasteiger partial charge in [0.15, 0.2) is 5.78 Å². The molecule has 0 aliphatic carbocycles. The van der Waals surface area contributed by atoms with Crippen LogP contribution in [-0.4, -0.2) is 20.9 Å². The summed E-state index contributed by atoms with van der Waals surface area (Å²) in [6, 6.07) is 27.9. The van der Waals surface area contributed by atoms with Crippen LogP contribution in [0.4, 0.5) is 5.69 Å². The van der Waals surface area contributed by atoms with Crippen LogP contribution in [0.5, 0.6) is 0 Å². The van der Waals surface area contributed by atoms with Gasteiger partial charge >= 0.3 is 0 Å². The monoisotopic (exact) mass is 538 g/mol. The average Bonchev–Trinajstić information content (AvgIpc) is 3.28. The molecule has 6 nitrogen and oxygen atoms in total. The maximum Gasteiger partial charge on any atom is 0.269 e. The highest BCUT2D eigenvalue weighted by Crippen LogP contribution is 2.26. The topological polar surface area (TPSA) is 81.7 Å². The fourth-order valence-corrected chi connectivity index (χ4v) is 4.44. The summed E-state index contributed by atoms with van der Waals surface area (Å²) in [5.74, 6) is -0.358. The summed E-state index contributed by atoms with van der Waals surface area (Å²) >= 11 is 3.39. The molecule has 0 fully saturated rings. The van der Waals surface area contributed by atoms with Crippen LogP contribution in [-0.2, 0) is 6.42 Å². The lowest BCUT2D eigenvalue weighted by molar-refractivity contribution is -0.384. The number of ketones is 2. The number of benzene rings is 3. The molecule has 7 heteroatoms. The van der Waals surface area contributed by atoms with Gasteiger partial charge in [0.05, 0.1) is 16.1 Å². The van der Waals surface area contributed by atoms with E-state index in [-0.39, 0.29) is 17.3 Å². The van der Waals surface area contributed by atoms with Crippen LogP contribution in [0, 0.1) is 10.1 Å². The molecule has 0 radical (unpaired) electrons. The molecule has 0 spiro atoms. The summed E-state index contributed by atoms with van der Waals surface area (Å²) in [5.41, 5.74) is 4.37. The van der Waals surface area contributed by atoms with Crippen LogP contribution in [0.1, 0.15) is 43.1 Å². The fourth-order valence-electron chi connectivity index (χ4n) is 4.17. The number of hydrogen-bond acceptors (Lipinski definition) is 4. The van der Waals surface area contributed by atoms with Crippen LogP contribution < -0.4 is 0 Å². The summed E-state index contributed by atoms with van der Waals surface area (Å²) in [5, 5.41) is 11.0. The average molecular weight is 539 g/mol. The Kier molecular flexibility index (Phi) is 6.31. The molecule has 3 aromatic carbocycles. The molecule has 36 heavy (non-hydrogen) atoms. The van der Waals surface area contributed by atoms with E-state index >= 15 is 0 Å². The molecule has 5 aromatic rings. The number of fused-ring (bicyclic) bond motifs is 1. The first-order chi connectivity index (χ1) is 17.4. The zero-order chi connectivity index (χ0) is 25.2. The van der Waals surface area contributed by atoms with Gasteiger partial charge in [-0.15, -0.1) is 0 Å². The maximum absolute atomic E-state index is 13.5. The third-order valence-corrected chi connectivity index (χ3v) is 6.54. The number of halogens is 1. The van der Waals surface area contributed by atoms with E-state index in [0.29, 0.717) is 34.3 Å². The molecule has 0 bridgehead atoms. The number of nitrogens with zero attached hydrogens (tertiary/aromatic N) is 2. The van der Waals surface area contributed by atoms with Gasteiger partial charge in [0.1, 0.15) is 0 Å². The molecule has 0 amide bonds. The molecular weight excluding hydrogens is 520 g/mol. The van der Waals surface area contributed by atoms with Crippen LogP contribution in [0.2, 0.25) is 0 Å². The zero-order valence-electron chi connectivity index (χ0n) is 18.9. The van der Waals surface area contributed by atoms with Crippen molar-refractivity contribution >= 4 is 38.7 Å². The Morgan fingerprint density at radius 2 is 1.44 bits per heavy atom. The number of hydrogen-bond donors (Lipinski definition) is 0. The molecule has 0 N–H and O–H groups in total. The highest BCUT2D eigenvalue weighted by Gasteiger charge is 2.22. The Hall–Kier alpha value is -4.36. The number of carbonyl (C=O) groups excluding carboxylic acids is 2. The molecule has 0 saturated carbocycles. The molecule has 0 aliphatic rings. The normalized spacial score (nSPS) is 10.9. The minimum Gasteiger partial charge on any atom is -0.313 e. The minimum atomic E-state index is -0.429. The number of nitro groups is 1. The van der Waals surface area contributed by atoms with Crippen molar-refractivity contribution in [2.45, 2.75) is 6.42 Å². The van der Waals surface area contributed by atoms with Crippen molar-refractivity contribution in [3.8, 4) is 0 Å². The smallest absolute Gasteiger partial charge is 0.269 e. The first kappa shape index (κ1) is 23.4. The Bertz CT molecular complexity index is 1610. The van der Waals surface area contributed by atoms with Gasteiger partial charge in [-0.2, -0.15) is 0 Å². The Morgan fingerprint density at radius 1 is 0.778 bits per heavy atom. The van der Waals surface area contributed by atoms with Crippen LogP contribution in [0.25, 0.3) is 5.52 Å². The highest BCUT2D eigenvalue weighted by molar-refractivity contribution is 9.10. The summed E-state index contributed by atoms with van der Waals surface area (Å²) in [7, 11) is 0. The van der Waals surface area contributed by atoms with Gasteiger partial charge in [-0.05, 0) is 60.0 Å². The zero-order valence-corrected chi connectivity index (χ0v) is 20.5. The lowest BCUT2D eigenvalue weighted by atomic mass is 10.0. The van der Waals surface area contributed by atoms with E-state index in [1.807, 2.05) is 18.2 Å². The van der Waals surface area contributed by atoms with Gasteiger partial charge < -0.3 is 4.40 Å². The molecule has 0 aliphatic heterocycles. The Balaban J connectivity index is 1.59. The van der Waals surface area contributed by atoms with E-state index in [2.05, 4.69) is 15.9 Å². The van der Waals surface area contributed by atoms with E-state index in [4.69, 9.17) is 0 Å². The molecular formula is C29H19BrN2O4. The third-order valence-electron chi connectivity index (χ3n) is 6.01. The van der Waals surface area contributed by atoms with E-state index in [0.717, 1.165) is 15.6 Å².